The number of imidazole rings is 1. The molecule has 0 aliphatic carbocycles. The number of hydrogen-bond acceptors (Lipinski definition) is 24. The van der Waals surface area contributed by atoms with Crippen LogP contribution in [0.5, 0.6) is 5.75 Å². The Balaban J connectivity index is 1.09. The molecular formula is C91H127N23O19S2. The molecule has 0 bridgehead atoms. The Morgan fingerprint density at radius 2 is 1.19 bits per heavy atom. The van der Waals surface area contributed by atoms with Gasteiger partial charge in [0.15, 0.2) is 11.7 Å². The van der Waals surface area contributed by atoms with Crippen molar-refractivity contribution in [2.24, 2.45) is 29.0 Å². The fourth-order valence-electron chi connectivity index (χ4n) is 16.7. The second kappa shape index (κ2) is 50.8. The fraction of sp³-hybridized carbons (Fsp3) is 0.538. The van der Waals surface area contributed by atoms with E-state index in [4.69, 9.17) is 27.6 Å². The Bertz CT molecular complexity index is 5180. The molecule has 0 spiro atoms. The number of benzene rings is 3. The summed E-state index contributed by atoms with van der Waals surface area (Å²) in [7, 11) is 3.93. The summed E-state index contributed by atoms with van der Waals surface area (Å²) in [4.78, 5) is 271. The first-order chi connectivity index (χ1) is 64.4. The Labute approximate surface area is 789 Å². The summed E-state index contributed by atoms with van der Waals surface area (Å²) in [5.74, 6) is -18.2. The third-order valence-electron chi connectivity index (χ3n) is 24.2. The number of nitrogens with zero attached hydrogens (tertiary/aromatic N) is 7. The fourth-order valence-corrected chi connectivity index (χ4v) is 18.6. The molecule has 44 heteroatoms. The van der Waals surface area contributed by atoms with Crippen molar-refractivity contribution in [3.63, 3.8) is 0 Å². The van der Waals surface area contributed by atoms with E-state index in [9.17, 15) is 53.4 Å². The number of aliphatic hydroxyl groups is 1. The zero-order valence-electron chi connectivity index (χ0n) is 77.2. The van der Waals surface area contributed by atoms with Gasteiger partial charge in [0.2, 0.25) is 94.5 Å². The van der Waals surface area contributed by atoms with Crippen molar-refractivity contribution in [3.8, 4) is 5.75 Å². The van der Waals surface area contributed by atoms with E-state index in [1.54, 1.807) is 50.4 Å². The van der Waals surface area contributed by atoms with E-state index >= 15 is 38.4 Å². The van der Waals surface area contributed by atoms with Crippen molar-refractivity contribution in [2.45, 2.75) is 235 Å². The number of nitrogens with two attached hydrogens (primary N) is 3. The second-order valence-electron chi connectivity index (χ2n) is 34.8. The number of carbonyl (C=O) groups excluding carboxylic acids is 17. The predicted molar refractivity (Wildman–Crippen MR) is 501 cm³/mol. The summed E-state index contributed by atoms with van der Waals surface area (Å²) in [5.41, 5.74) is 19.4. The first-order valence-corrected chi connectivity index (χ1v) is 47.5. The number of H-pyrrole nitrogens is 2. The molecule has 6 aromatic rings. The minimum absolute atomic E-state index is 0.00281. The highest BCUT2D eigenvalue weighted by Crippen LogP contribution is 2.30. The monoisotopic (exact) mass is 1910 g/mol. The molecule has 135 heavy (non-hydrogen) atoms. The number of thiazole rings is 1. The van der Waals surface area contributed by atoms with Crippen LogP contribution in [0.25, 0.3) is 21.1 Å². The summed E-state index contributed by atoms with van der Waals surface area (Å²) in [5, 5.41) is 57.0. The number of Topliss-reactive ketones (excluding diaryl/α,β-unsaturated/α-hetero) is 1. The number of thioether (sulfide) groups is 1. The molecular weight excluding hydrogens is 1780 g/mol. The van der Waals surface area contributed by atoms with Crippen molar-refractivity contribution in [3.05, 3.63) is 113 Å². The molecule has 14 atom stereocenters. The number of rotatable bonds is 26. The number of likely N-dealkylation sites (N-methyl/N-ethyl adjacent to an activating group) is 3. The number of nitrogens with one attached hydrogen (secondary N) is 13. The number of carbonyl (C=O) groups is 17. The molecule has 9 rings (SSSR count). The lowest BCUT2D eigenvalue weighted by Crippen LogP contribution is -2.61. The molecule has 3 saturated heterocycles. The molecule has 732 valence electrons. The van der Waals surface area contributed by atoms with Gasteiger partial charge in [-0.05, 0) is 119 Å². The Morgan fingerprint density at radius 3 is 1.84 bits per heavy atom. The maximum absolute atomic E-state index is 15.7. The molecule has 0 radical (unpaired) electrons. The summed E-state index contributed by atoms with van der Waals surface area (Å²) in [6.45, 7) is 6.74. The lowest BCUT2D eigenvalue weighted by molar-refractivity contribution is -0.149. The quantitative estimate of drug-likeness (QED) is 0.0182. The summed E-state index contributed by atoms with van der Waals surface area (Å²) < 4.78 is 0.721. The average molecular weight is 1910 g/mol. The molecule has 16 amide bonds. The predicted octanol–water partition coefficient (Wildman–Crippen LogP) is -0.681. The normalized spacial score (nSPS) is 24.3. The van der Waals surface area contributed by atoms with Gasteiger partial charge in [0.05, 0.1) is 52.9 Å². The number of phenols is 1. The van der Waals surface area contributed by atoms with Gasteiger partial charge in [-0.3, -0.25) is 86.9 Å². The van der Waals surface area contributed by atoms with E-state index in [1.165, 1.54) is 81.1 Å². The van der Waals surface area contributed by atoms with E-state index in [0.717, 1.165) is 36.1 Å². The Hall–Kier alpha value is -13.1. The number of para-hydroxylation sites is 2. The zero-order valence-corrected chi connectivity index (χ0v) is 78.9. The Kier molecular flexibility index (Phi) is 39.7. The highest BCUT2D eigenvalue weighted by Gasteiger charge is 2.46. The lowest BCUT2D eigenvalue weighted by atomic mass is 9.90. The molecule has 3 aromatic heterocycles. The molecule has 6 heterocycles. The molecule has 3 aliphatic rings. The summed E-state index contributed by atoms with van der Waals surface area (Å²) >= 11 is 1.98. The van der Waals surface area contributed by atoms with Crippen LogP contribution in [0.4, 0.5) is 0 Å². The van der Waals surface area contributed by atoms with Crippen molar-refractivity contribution in [2.75, 3.05) is 65.4 Å². The largest absolute Gasteiger partial charge is 0.508 e. The topological polar surface area (TPSA) is 626 Å². The third-order valence-corrected chi connectivity index (χ3v) is 26.3. The van der Waals surface area contributed by atoms with Gasteiger partial charge >= 0.3 is 0 Å². The van der Waals surface area contributed by atoms with Crippen LogP contribution in [0.2, 0.25) is 0 Å². The highest BCUT2D eigenvalue weighted by atomic mass is 32.2. The first-order valence-electron chi connectivity index (χ1n) is 45.5. The molecule has 21 N–H and O–H groups in total. The summed E-state index contributed by atoms with van der Waals surface area (Å²) in [6, 6.07) is 0.454. The molecule has 3 fully saturated rings. The van der Waals surface area contributed by atoms with Crippen LogP contribution in [0, 0.1) is 17.2 Å². The maximum atomic E-state index is 15.7. The molecule has 0 saturated carbocycles. The number of aromatic hydroxyl groups is 1. The molecule has 42 nitrogen and oxygen atoms in total. The third kappa shape index (κ3) is 29.9. The number of hydrogen-bond donors (Lipinski definition) is 18. The van der Waals surface area contributed by atoms with Crippen LogP contribution < -0.4 is 70.4 Å². The highest BCUT2D eigenvalue weighted by molar-refractivity contribution is 8.00. The number of unbranched alkanes of at least 4 members (excludes halogenated alkanes) is 2. The number of amides is 16. The van der Waals surface area contributed by atoms with Crippen LogP contribution in [0.3, 0.4) is 0 Å². The van der Waals surface area contributed by atoms with E-state index in [0.29, 0.717) is 70.4 Å². The van der Waals surface area contributed by atoms with E-state index < -0.39 is 228 Å². The minimum atomic E-state index is -1.82. The van der Waals surface area contributed by atoms with Crippen molar-refractivity contribution in [1.29, 1.82) is 5.41 Å². The van der Waals surface area contributed by atoms with Crippen molar-refractivity contribution < 1.29 is 91.7 Å². The average Bonchev–Trinajstić information content (AvgIpc) is 1.71. The van der Waals surface area contributed by atoms with Crippen LogP contribution in [-0.2, 0) is 107 Å². The molecule has 3 aliphatic heterocycles. The number of primary amides is 2. The van der Waals surface area contributed by atoms with Gasteiger partial charge in [-0.1, -0.05) is 95.8 Å². The van der Waals surface area contributed by atoms with E-state index in [2.05, 4.69) is 68.1 Å². The van der Waals surface area contributed by atoms with Gasteiger partial charge < -0.3 is 115 Å². The van der Waals surface area contributed by atoms with E-state index in [1.807, 2.05) is 32.0 Å². The zero-order chi connectivity index (χ0) is 98.4. The van der Waals surface area contributed by atoms with Gasteiger partial charge in [-0.2, -0.15) is 0 Å². The number of aliphatic hydroxyl groups excluding tert-OH is 1. The van der Waals surface area contributed by atoms with Gasteiger partial charge in [0, 0.05) is 107 Å². The maximum Gasteiger partial charge on any atom is 0.246 e. The van der Waals surface area contributed by atoms with Gasteiger partial charge in [-0.25, -0.2) is 9.97 Å². The molecule has 3 aromatic carbocycles. The standard InChI is InChI=1S/C91H127N23O19S2/c1-9-11-24-69-84(127)103-60(23-17-33-97-91(94)95)81(124)109-67(80(123)99-45-75(93)119)47-134-48-76(120)101-63(37-52-29-31-56(116)32-30-52)86(129)110(6)51(5)78(121)105-64(41-74(92)118)89(132)114-35-19-27-70(114)85(128)104-61(40-55-44-96-49-100-55)82(125)106-62(36-50(3)4)88(131)113-34-18-26-68(113)72(117)39-53(38-54-43-98-58-21-14-13-20-57(54)58)79(122)108-66(46-115)83(126)107-65(42-77-102-59-22-15-16-28-73(59)135-77)87(130)112(8)71(25-12-10-2)90(133)111(69)7/h13-16,20-22,28-32,43-44,49-51,53,60-71,98,115-116H,9-12,17-19,23-27,33-42,45-48H2,1-8H3,(H2,92,118)(H2,93,119)(H,96,100)(H,99,123)(H,101,120)(H,103,127)(H,104,128)(H,105,121)(H,106,125)(H,107,126)(H,108,122)(H,109,124)(H4,94,95,97)/t51-,53+,60-,61-,62-,63-,64-,65-,66-,67-,68-,69-,70-,71-/m0/s1. The van der Waals surface area contributed by atoms with Crippen LogP contribution >= 0.6 is 23.1 Å². The number of aromatic amines is 2. The van der Waals surface area contributed by atoms with Crippen LogP contribution in [0.1, 0.15) is 153 Å². The summed E-state index contributed by atoms with van der Waals surface area (Å²) in [6.07, 6.45) is 4.28. The molecule has 0 unspecified atom stereocenters. The second-order valence-corrected chi connectivity index (χ2v) is 36.9. The lowest BCUT2D eigenvalue weighted by Gasteiger charge is -2.36. The van der Waals surface area contributed by atoms with Crippen LogP contribution in [0.15, 0.2) is 91.5 Å². The number of aromatic nitrogens is 4. The SMILES string of the molecule is CCCC[C@H]1C(=O)N(C)[C@@H](CCCC)C(=O)N[C@@H](CCCNC(=N)N)C(=O)N[C@H](C(=O)NCC(N)=O)CSCC(=O)N[C@@H](Cc2ccc(O)cc2)C(=O)N(C)[C@@H](C)C(=O)N[C@@H](CC(N)=O)C(=O)N2CCC[C@H]2C(=O)N[C@@H](Cc2cnc[nH]2)C(=O)N[C@@H](CC(C)C)C(=O)N2CCC[C@H]2C(=O)C[C@@H](Cc2c[nH]c3ccccc23)C(=O)N[C@@H](CO)C(=O)N[C@@H](Cc2nc3ccccc3s2)C(=O)N1C. The minimum Gasteiger partial charge on any atom is -0.508 e. The van der Waals surface area contributed by atoms with Crippen molar-refractivity contribution >= 4 is 150 Å². The van der Waals surface area contributed by atoms with Gasteiger partial charge in [0.1, 0.15) is 78.3 Å². The first kappa shape index (κ1) is 106. The number of phenolic OH excluding ortho intramolecular Hbond substituents is 1. The Morgan fingerprint density at radius 1 is 0.585 bits per heavy atom. The number of guanidine groups is 1. The van der Waals surface area contributed by atoms with Crippen molar-refractivity contribution in [1.82, 2.24) is 97.6 Å². The smallest absolute Gasteiger partial charge is 0.246 e. The van der Waals surface area contributed by atoms with Gasteiger partial charge in [0.25, 0.3) is 0 Å². The number of ketones is 1. The van der Waals surface area contributed by atoms with E-state index in [-0.39, 0.29) is 108 Å². The number of fused-ring (bicyclic) bond motifs is 4. The van der Waals surface area contributed by atoms with Crippen LogP contribution in [-0.4, -0.2) is 305 Å². The van der Waals surface area contributed by atoms with Gasteiger partial charge in [-0.15, -0.1) is 23.1 Å².